The van der Waals surface area contributed by atoms with Gasteiger partial charge in [0.1, 0.15) is 5.75 Å². The Kier molecular flexibility index (Phi) is 5.58. The second-order valence-corrected chi connectivity index (χ2v) is 5.33. The number of aromatic hydroxyl groups is 1. The number of benzene rings is 2. The highest BCUT2D eigenvalue weighted by atomic mass is 32.1. The van der Waals surface area contributed by atoms with Crippen molar-refractivity contribution in [2.24, 2.45) is 0 Å². The molecular weight excluding hydrogens is 280 g/mol. The first-order valence-corrected chi connectivity index (χ1v) is 7.54. The average Bonchev–Trinajstić information content (AvgIpc) is 2.49. The van der Waals surface area contributed by atoms with Gasteiger partial charge in [0.15, 0.2) is 5.11 Å². The monoisotopic (exact) mass is 300 g/mol. The van der Waals surface area contributed by atoms with Crippen LogP contribution >= 0.6 is 12.2 Å². The second kappa shape index (κ2) is 7.64. The van der Waals surface area contributed by atoms with Crippen LogP contribution in [-0.4, -0.2) is 10.2 Å². The maximum Gasteiger partial charge on any atom is 0.175 e. The van der Waals surface area contributed by atoms with Gasteiger partial charge in [-0.25, -0.2) is 0 Å². The van der Waals surface area contributed by atoms with Crippen LogP contribution in [0.2, 0.25) is 0 Å². The number of aryl methyl sites for hydroxylation is 1. The molecule has 0 heterocycles. The fourth-order valence-electron chi connectivity index (χ4n) is 1.97. The van der Waals surface area contributed by atoms with Crippen LogP contribution in [0, 0.1) is 0 Å². The van der Waals surface area contributed by atoms with E-state index >= 15 is 0 Å². The van der Waals surface area contributed by atoms with Gasteiger partial charge in [-0.05, 0) is 67.0 Å². The van der Waals surface area contributed by atoms with E-state index in [-0.39, 0.29) is 5.75 Å². The minimum absolute atomic E-state index is 0.238. The molecule has 0 aliphatic carbocycles. The van der Waals surface area contributed by atoms with Crippen LogP contribution in [0.25, 0.3) is 0 Å². The summed E-state index contributed by atoms with van der Waals surface area (Å²) in [6, 6.07) is 15.1. The maximum absolute atomic E-state index is 9.24. The third-order valence-electron chi connectivity index (χ3n) is 3.16. The van der Waals surface area contributed by atoms with E-state index in [1.165, 1.54) is 18.4 Å². The first-order valence-electron chi connectivity index (χ1n) is 7.13. The molecule has 0 bridgehead atoms. The van der Waals surface area contributed by atoms with E-state index in [4.69, 9.17) is 12.2 Å². The van der Waals surface area contributed by atoms with E-state index in [9.17, 15) is 5.11 Å². The summed E-state index contributed by atoms with van der Waals surface area (Å²) in [5.74, 6) is 0.238. The molecule has 0 unspecified atom stereocenters. The van der Waals surface area contributed by atoms with Gasteiger partial charge < -0.3 is 15.7 Å². The SMILES string of the molecule is CCCCc1ccc(NC(=S)Nc2ccc(O)cc2)cc1. The van der Waals surface area contributed by atoms with Crippen molar-refractivity contribution >= 4 is 28.7 Å². The van der Waals surface area contributed by atoms with E-state index < -0.39 is 0 Å². The van der Waals surface area contributed by atoms with Gasteiger partial charge in [0, 0.05) is 11.4 Å². The molecule has 2 rings (SSSR count). The highest BCUT2D eigenvalue weighted by molar-refractivity contribution is 7.80. The molecule has 0 saturated carbocycles. The van der Waals surface area contributed by atoms with Crippen LogP contribution in [0.5, 0.6) is 5.75 Å². The fourth-order valence-corrected chi connectivity index (χ4v) is 2.21. The van der Waals surface area contributed by atoms with E-state index in [1.54, 1.807) is 24.3 Å². The van der Waals surface area contributed by atoms with E-state index in [0.717, 1.165) is 17.8 Å². The zero-order valence-electron chi connectivity index (χ0n) is 12.1. The molecule has 0 aromatic heterocycles. The van der Waals surface area contributed by atoms with E-state index in [2.05, 4.69) is 29.7 Å². The lowest BCUT2D eigenvalue weighted by atomic mass is 10.1. The Bertz CT molecular complexity index is 579. The van der Waals surface area contributed by atoms with Crippen molar-refractivity contribution in [1.82, 2.24) is 0 Å². The third-order valence-corrected chi connectivity index (χ3v) is 3.36. The molecule has 0 atom stereocenters. The summed E-state index contributed by atoms with van der Waals surface area (Å²) in [6.07, 6.45) is 3.54. The highest BCUT2D eigenvalue weighted by Crippen LogP contribution is 2.15. The molecule has 2 aromatic carbocycles. The number of phenols is 1. The molecule has 110 valence electrons. The van der Waals surface area contributed by atoms with Gasteiger partial charge in [-0.1, -0.05) is 25.5 Å². The first-order chi connectivity index (χ1) is 10.2. The van der Waals surface area contributed by atoms with Crippen LogP contribution in [0.3, 0.4) is 0 Å². The number of anilines is 2. The molecule has 0 aliphatic rings. The summed E-state index contributed by atoms with van der Waals surface area (Å²) >= 11 is 5.27. The zero-order chi connectivity index (χ0) is 15.1. The standard InChI is InChI=1S/C17H20N2OS/c1-2-3-4-13-5-7-14(8-6-13)18-17(21)19-15-9-11-16(20)12-10-15/h5-12,20H,2-4H2,1H3,(H2,18,19,21). The summed E-state index contributed by atoms with van der Waals surface area (Å²) in [6.45, 7) is 2.20. The molecule has 3 nitrogen and oxygen atoms in total. The fraction of sp³-hybridized carbons (Fsp3) is 0.235. The lowest BCUT2D eigenvalue weighted by Gasteiger charge is -2.11. The Balaban J connectivity index is 1.88. The lowest BCUT2D eigenvalue weighted by Crippen LogP contribution is -2.18. The Hall–Kier alpha value is -2.07. The molecule has 2 aromatic rings. The van der Waals surface area contributed by atoms with Crippen molar-refractivity contribution < 1.29 is 5.11 Å². The molecular formula is C17H20N2OS. The second-order valence-electron chi connectivity index (χ2n) is 4.93. The van der Waals surface area contributed by atoms with Gasteiger partial charge in [0.05, 0.1) is 0 Å². The summed E-state index contributed by atoms with van der Waals surface area (Å²) in [4.78, 5) is 0. The molecule has 3 N–H and O–H groups in total. The molecule has 21 heavy (non-hydrogen) atoms. The summed E-state index contributed by atoms with van der Waals surface area (Å²) in [5, 5.41) is 16.0. The Morgan fingerprint density at radius 2 is 1.48 bits per heavy atom. The molecule has 0 spiro atoms. The molecule has 4 heteroatoms. The van der Waals surface area contributed by atoms with Gasteiger partial charge in [0.2, 0.25) is 0 Å². The van der Waals surface area contributed by atoms with Crippen molar-refractivity contribution in [3.63, 3.8) is 0 Å². The van der Waals surface area contributed by atoms with Crippen molar-refractivity contribution in [3.8, 4) is 5.75 Å². The Morgan fingerprint density at radius 3 is 2.00 bits per heavy atom. The molecule has 0 amide bonds. The Labute approximate surface area is 131 Å². The number of hydrogen-bond acceptors (Lipinski definition) is 2. The van der Waals surface area contributed by atoms with Gasteiger partial charge in [-0.15, -0.1) is 0 Å². The van der Waals surface area contributed by atoms with Gasteiger partial charge >= 0.3 is 0 Å². The van der Waals surface area contributed by atoms with Crippen LogP contribution in [0.1, 0.15) is 25.3 Å². The largest absolute Gasteiger partial charge is 0.508 e. The van der Waals surface area contributed by atoms with Crippen molar-refractivity contribution in [3.05, 3.63) is 54.1 Å². The first kappa shape index (κ1) is 15.3. The average molecular weight is 300 g/mol. The number of unbranched alkanes of at least 4 members (excludes halogenated alkanes) is 1. The predicted molar refractivity (Wildman–Crippen MR) is 93.0 cm³/mol. The van der Waals surface area contributed by atoms with Crippen LogP contribution < -0.4 is 10.6 Å². The number of phenolic OH excluding ortho intramolecular Hbond substituents is 1. The summed E-state index contributed by atoms with van der Waals surface area (Å²) in [7, 11) is 0. The normalized spacial score (nSPS) is 10.1. The lowest BCUT2D eigenvalue weighted by molar-refractivity contribution is 0.475. The van der Waals surface area contributed by atoms with Crippen molar-refractivity contribution in [1.29, 1.82) is 0 Å². The van der Waals surface area contributed by atoms with Gasteiger partial charge in [0.25, 0.3) is 0 Å². The third kappa shape index (κ3) is 5.08. The number of thiocarbonyl (C=S) groups is 1. The van der Waals surface area contributed by atoms with Crippen LogP contribution in [0.4, 0.5) is 11.4 Å². The topological polar surface area (TPSA) is 44.3 Å². The minimum atomic E-state index is 0.238. The van der Waals surface area contributed by atoms with Crippen molar-refractivity contribution in [2.45, 2.75) is 26.2 Å². The number of rotatable bonds is 5. The molecule has 0 saturated heterocycles. The van der Waals surface area contributed by atoms with E-state index in [0.29, 0.717) is 5.11 Å². The van der Waals surface area contributed by atoms with Crippen LogP contribution in [-0.2, 0) is 6.42 Å². The summed E-state index contributed by atoms with van der Waals surface area (Å²) in [5.41, 5.74) is 3.15. The molecule has 0 fully saturated rings. The van der Waals surface area contributed by atoms with Crippen molar-refractivity contribution in [2.75, 3.05) is 10.6 Å². The minimum Gasteiger partial charge on any atom is -0.508 e. The zero-order valence-corrected chi connectivity index (χ0v) is 12.9. The molecule has 0 aliphatic heterocycles. The number of nitrogens with one attached hydrogen (secondary N) is 2. The predicted octanol–water partition coefficient (Wildman–Crippen LogP) is 4.54. The van der Waals surface area contributed by atoms with Gasteiger partial charge in [-0.2, -0.15) is 0 Å². The maximum atomic E-state index is 9.24. The quantitative estimate of drug-likeness (QED) is 0.560. The van der Waals surface area contributed by atoms with Crippen LogP contribution in [0.15, 0.2) is 48.5 Å². The summed E-state index contributed by atoms with van der Waals surface area (Å²) < 4.78 is 0. The highest BCUT2D eigenvalue weighted by Gasteiger charge is 2.00. The van der Waals surface area contributed by atoms with Gasteiger partial charge in [-0.3, -0.25) is 0 Å². The smallest absolute Gasteiger partial charge is 0.175 e. The molecule has 0 radical (unpaired) electrons. The van der Waals surface area contributed by atoms with E-state index in [1.807, 2.05) is 12.1 Å². The Morgan fingerprint density at radius 1 is 0.952 bits per heavy atom. The number of hydrogen-bond donors (Lipinski definition) is 3.